The Morgan fingerprint density at radius 3 is 2.31 bits per heavy atom. The minimum atomic E-state index is -0.921. The molecular weight excluding hydrogens is 178 g/mol. The van der Waals surface area contributed by atoms with Crippen LogP contribution in [0.2, 0.25) is 0 Å². The number of nitrogens with two attached hydrogens (primary N) is 1. The summed E-state index contributed by atoms with van der Waals surface area (Å²) in [6, 6.07) is 0. The van der Waals surface area contributed by atoms with E-state index in [4.69, 9.17) is 4.74 Å². The molecule has 0 unspecified atom stereocenters. The van der Waals surface area contributed by atoms with E-state index in [9.17, 15) is 14.4 Å². The third-order valence-corrected chi connectivity index (χ3v) is 0.945. The van der Waals surface area contributed by atoms with Gasteiger partial charge in [0.05, 0.1) is 0 Å². The van der Waals surface area contributed by atoms with E-state index in [1.165, 1.54) is 0 Å². The van der Waals surface area contributed by atoms with Gasteiger partial charge >= 0.3 is 6.09 Å². The number of amides is 1. The second kappa shape index (κ2) is 6.84. The zero-order chi connectivity index (χ0) is 10.1. The Hall–Kier alpha value is -1.85. The maximum Gasteiger partial charge on any atom is 0.404 e. The number of ether oxygens (including phenoxy) is 2. The SMILES string of the molecule is NC(=O)OCCOC(C=O)=CC=O. The summed E-state index contributed by atoms with van der Waals surface area (Å²) in [5.41, 5.74) is 4.64. The maximum absolute atomic E-state index is 10.1. The topological polar surface area (TPSA) is 95.7 Å². The lowest BCUT2D eigenvalue weighted by Gasteiger charge is -2.03. The fourth-order valence-electron chi connectivity index (χ4n) is 0.490. The molecule has 6 nitrogen and oxygen atoms in total. The normalized spacial score (nSPS) is 10.3. The van der Waals surface area contributed by atoms with Crippen LogP contribution < -0.4 is 5.73 Å². The van der Waals surface area contributed by atoms with Gasteiger partial charge in [-0.15, -0.1) is 0 Å². The van der Waals surface area contributed by atoms with Gasteiger partial charge in [-0.25, -0.2) is 4.79 Å². The van der Waals surface area contributed by atoms with E-state index in [-0.39, 0.29) is 19.0 Å². The molecule has 0 heterocycles. The first kappa shape index (κ1) is 11.2. The summed E-state index contributed by atoms with van der Waals surface area (Å²) >= 11 is 0. The minimum Gasteiger partial charge on any atom is -0.486 e. The predicted octanol–water partition coefficient (Wildman–Crippen LogP) is -0.620. The van der Waals surface area contributed by atoms with Crippen molar-refractivity contribution in [2.75, 3.05) is 13.2 Å². The summed E-state index contributed by atoms with van der Waals surface area (Å²) in [4.78, 5) is 30.1. The summed E-state index contributed by atoms with van der Waals surface area (Å²) in [6.45, 7) is -0.0965. The first-order valence-corrected chi connectivity index (χ1v) is 3.36. The van der Waals surface area contributed by atoms with Gasteiger partial charge in [-0.2, -0.15) is 0 Å². The third-order valence-electron chi connectivity index (χ3n) is 0.945. The third kappa shape index (κ3) is 6.54. The smallest absolute Gasteiger partial charge is 0.404 e. The number of carbonyl (C=O) groups excluding carboxylic acids is 3. The molecule has 0 aliphatic rings. The standard InChI is InChI=1S/C7H9NO5/c8-7(11)13-4-3-12-6(5-10)1-2-9/h1-2,5H,3-4H2,(H2,8,11). The lowest BCUT2D eigenvalue weighted by molar-refractivity contribution is -0.109. The summed E-state index contributed by atoms with van der Waals surface area (Å²) in [5, 5.41) is 0. The zero-order valence-electron chi connectivity index (χ0n) is 6.76. The Labute approximate surface area is 74.3 Å². The Morgan fingerprint density at radius 2 is 1.85 bits per heavy atom. The Morgan fingerprint density at radius 1 is 1.23 bits per heavy atom. The highest BCUT2D eigenvalue weighted by Gasteiger charge is 1.96. The van der Waals surface area contributed by atoms with Crippen LogP contribution in [-0.2, 0) is 19.1 Å². The molecule has 0 bridgehead atoms. The molecule has 1 amide bonds. The van der Waals surface area contributed by atoms with Gasteiger partial charge < -0.3 is 15.2 Å². The number of hydrogen-bond acceptors (Lipinski definition) is 5. The highest BCUT2D eigenvalue weighted by molar-refractivity contribution is 5.79. The fourth-order valence-corrected chi connectivity index (χ4v) is 0.490. The number of primary amides is 1. The van der Waals surface area contributed by atoms with Crippen molar-refractivity contribution in [3.05, 3.63) is 11.8 Å². The average molecular weight is 187 g/mol. The largest absolute Gasteiger partial charge is 0.486 e. The molecule has 6 heteroatoms. The molecule has 0 saturated heterocycles. The second-order valence-corrected chi connectivity index (χ2v) is 1.84. The number of allylic oxidation sites excluding steroid dienone is 2. The number of aldehydes is 2. The van der Waals surface area contributed by atoms with E-state index in [0.717, 1.165) is 6.08 Å². The quantitative estimate of drug-likeness (QED) is 0.259. The molecule has 2 N–H and O–H groups in total. The molecule has 0 saturated carbocycles. The molecule has 0 atom stereocenters. The van der Waals surface area contributed by atoms with E-state index >= 15 is 0 Å². The summed E-state index contributed by atoms with van der Waals surface area (Å²) in [5.74, 6) is -0.122. The van der Waals surface area contributed by atoms with E-state index in [1.807, 2.05) is 0 Å². The average Bonchev–Trinajstić information content (AvgIpc) is 2.10. The van der Waals surface area contributed by atoms with Gasteiger partial charge in [0.1, 0.15) is 19.5 Å². The van der Waals surface area contributed by atoms with E-state index in [2.05, 4.69) is 10.5 Å². The second-order valence-electron chi connectivity index (χ2n) is 1.84. The first-order chi connectivity index (χ1) is 6.20. The molecule has 13 heavy (non-hydrogen) atoms. The molecule has 0 aromatic rings. The van der Waals surface area contributed by atoms with Crippen molar-refractivity contribution in [2.24, 2.45) is 5.73 Å². The van der Waals surface area contributed by atoms with Crippen LogP contribution in [0, 0.1) is 0 Å². The van der Waals surface area contributed by atoms with Crippen LogP contribution in [-0.4, -0.2) is 31.9 Å². The Kier molecular flexibility index (Phi) is 5.86. The monoisotopic (exact) mass is 187 g/mol. The lowest BCUT2D eigenvalue weighted by atomic mass is 10.5. The Bertz CT molecular complexity index is 223. The Balaban J connectivity index is 3.61. The molecule has 72 valence electrons. The van der Waals surface area contributed by atoms with Crippen LogP contribution in [0.4, 0.5) is 4.79 Å². The van der Waals surface area contributed by atoms with Gasteiger partial charge in [0.15, 0.2) is 12.0 Å². The van der Waals surface area contributed by atoms with Crippen LogP contribution in [0.3, 0.4) is 0 Å². The summed E-state index contributed by atoms with van der Waals surface area (Å²) < 4.78 is 9.01. The van der Waals surface area contributed by atoms with Crippen molar-refractivity contribution in [3.63, 3.8) is 0 Å². The zero-order valence-corrected chi connectivity index (χ0v) is 6.76. The summed E-state index contributed by atoms with van der Waals surface area (Å²) in [7, 11) is 0. The molecule has 0 spiro atoms. The van der Waals surface area contributed by atoms with Gasteiger partial charge in [0.25, 0.3) is 0 Å². The van der Waals surface area contributed by atoms with Crippen molar-refractivity contribution >= 4 is 18.7 Å². The molecular formula is C7H9NO5. The minimum absolute atomic E-state index is 0.0264. The van der Waals surface area contributed by atoms with Crippen LogP contribution in [0.25, 0.3) is 0 Å². The molecule has 0 aromatic heterocycles. The summed E-state index contributed by atoms with van der Waals surface area (Å²) in [6.07, 6.45) is 0.824. The molecule has 0 aromatic carbocycles. The van der Waals surface area contributed by atoms with Crippen molar-refractivity contribution < 1.29 is 23.9 Å². The number of carbonyl (C=O) groups is 3. The number of hydrogen-bond donors (Lipinski definition) is 1. The van der Waals surface area contributed by atoms with Crippen LogP contribution in [0.5, 0.6) is 0 Å². The number of rotatable bonds is 6. The highest BCUT2D eigenvalue weighted by Crippen LogP contribution is 1.90. The van der Waals surface area contributed by atoms with Crippen molar-refractivity contribution in [1.29, 1.82) is 0 Å². The van der Waals surface area contributed by atoms with Gasteiger partial charge in [-0.1, -0.05) is 0 Å². The van der Waals surface area contributed by atoms with Crippen molar-refractivity contribution in [1.82, 2.24) is 0 Å². The van der Waals surface area contributed by atoms with Gasteiger partial charge in [-0.3, -0.25) is 9.59 Å². The van der Waals surface area contributed by atoms with Gasteiger partial charge in [0.2, 0.25) is 0 Å². The van der Waals surface area contributed by atoms with E-state index in [1.54, 1.807) is 0 Å². The molecule has 0 fully saturated rings. The molecule has 0 aliphatic carbocycles. The lowest BCUT2D eigenvalue weighted by Crippen LogP contribution is -2.16. The molecule has 0 aliphatic heterocycles. The fraction of sp³-hybridized carbons (Fsp3) is 0.286. The van der Waals surface area contributed by atoms with Gasteiger partial charge in [0, 0.05) is 6.08 Å². The molecule has 0 rings (SSSR count). The van der Waals surface area contributed by atoms with Crippen LogP contribution >= 0.6 is 0 Å². The maximum atomic E-state index is 10.1. The van der Waals surface area contributed by atoms with Crippen LogP contribution in [0.1, 0.15) is 0 Å². The predicted molar refractivity (Wildman–Crippen MR) is 41.7 cm³/mol. The van der Waals surface area contributed by atoms with E-state index < -0.39 is 6.09 Å². The highest BCUT2D eigenvalue weighted by atomic mass is 16.6. The van der Waals surface area contributed by atoms with E-state index in [0.29, 0.717) is 12.6 Å². The van der Waals surface area contributed by atoms with Crippen LogP contribution in [0.15, 0.2) is 11.8 Å². The van der Waals surface area contributed by atoms with Gasteiger partial charge in [-0.05, 0) is 0 Å². The first-order valence-electron chi connectivity index (χ1n) is 3.36. The van der Waals surface area contributed by atoms with Crippen molar-refractivity contribution in [3.8, 4) is 0 Å². The van der Waals surface area contributed by atoms with Crippen molar-refractivity contribution in [2.45, 2.75) is 0 Å². The molecule has 0 radical (unpaired) electrons.